The standard InChI is InChI=1S/C22H27BrN4O2/c1-15-11-21(27-22(25-15)20(23)12-24-27)26(13-16-3-7-18(28)8-4-16)14-17-5-9-19(29-2)10-6-17/h5-6,9-12,16,18,28H,3-4,7-8,13-14H2,1-2H3/t16-,18-. The molecule has 0 aliphatic heterocycles. The molecule has 1 aliphatic carbocycles. The van der Waals surface area contributed by atoms with Crippen LogP contribution in [0.25, 0.3) is 5.65 Å². The Hall–Kier alpha value is -2.12. The molecule has 2 aromatic heterocycles. The summed E-state index contributed by atoms with van der Waals surface area (Å²) in [6.45, 7) is 3.72. The van der Waals surface area contributed by atoms with Gasteiger partial charge in [0.25, 0.3) is 0 Å². The van der Waals surface area contributed by atoms with E-state index < -0.39 is 0 Å². The minimum Gasteiger partial charge on any atom is -0.497 e. The number of aliphatic hydroxyl groups is 1. The van der Waals surface area contributed by atoms with Gasteiger partial charge in [0.2, 0.25) is 0 Å². The van der Waals surface area contributed by atoms with E-state index in [0.717, 1.165) is 66.2 Å². The van der Waals surface area contributed by atoms with Gasteiger partial charge in [0.15, 0.2) is 5.65 Å². The van der Waals surface area contributed by atoms with E-state index in [1.807, 2.05) is 23.6 Å². The summed E-state index contributed by atoms with van der Waals surface area (Å²) in [7, 11) is 1.69. The number of anilines is 1. The van der Waals surface area contributed by atoms with E-state index in [9.17, 15) is 5.11 Å². The van der Waals surface area contributed by atoms with Crippen molar-refractivity contribution in [2.45, 2.75) is 45.3 Å². The van der Waals surface area contributed by atoms with Gasteiger partial charge in [-0.1, -0.05) is 12.1 Å². The first kappa shape index (κ1) is 20.2. The quantitative estimate of drug-likeness (QED) is 0.594. The number of aromatic nitrogens is 3. The van der Waals surface area contributed by atoms with Gasteiger partial charge in [0, 0.05) is 24.8 Å². The first-order chi connectivity index (χ1) is 14.0. The summed E-state index contributed by atoms with van der Waals surface area (Å²) in [5.74, 6) is 2.46. The molecule has 1 fully saturated rings. The number of methoxy groups -OCH3 is 1. The zero-order valence-electron chi connectivity index (χ0n) is 16.9. The van der Waals surface area contributed by atoms with Crippen LogP contribution in [0.4, 0.5) is 5.82 Å². The number of aliphatic hydroxyl groups excluding tert-OH is 1. The number of halogens is 1. The lowest BCUT2D eigenvalue weighted by atomic mass is 9.87. The molecule has 1 aromatic carbocycles. The molecule has 0 saturated heterocycles. The number of rotatable bonds is 6. The fourth-order valence-electron chi connectivity index (χ4n) is 4.09. The average Bonchev–Trinajstić information content (AvgIpc) is 3.10. The molecule has 29 heavy (non-hydrogen) atoms. The van der Waals surface area contributed by atoms with Crippen LogP contribution in [0.2, 0.25) is 0 Å². The molecule has 1 aliphatic rings. The van der Waals surface area contributed by atoms with E-state index in [0.29, 0.717) is 5.92 Å². The molecule has 0 bridgehead atoms. The molecule has 0 atom stereocenters. The normalized spacial score (nSPS) is 19.4. The van der Waals surface area contributed by atoms with E-state index in [4.69, 9.17) is 4.74 Å². The predicted octanol–water partition coefficient (Wildman–Crippen LogP) is 4.37. The van der Waals surface area contributed by atoms with Gasteiger partial charge in [-0.15, -0.1) is 0 Å². The molecule has 3 aromatic rings. The SMILES string of the molecule is COc1ccc(CN(C[C@H]2CC[C@H](O)CC2)c2cc(C)nc3c(Br)cnn23)cc1. The molecular weight excluding hydrogens is 432 g/mol. The van der Waals surface area contributed by atoms with E-state index >= 15 is 0 Å². The van der Waals surface area contributed by atoms with E-state index in [-0.39, 0.29) is 6.10 Å². The Kier molecular flexibility index (Phi) is 6.06. The van der Waals surface area contributed by atoms with Crippen LogP contribution in [0, 0.1) is 12.8 Å². The Morgan fingerprint density at radius 1 is 1.21 bits per heavy atom. The number of hydrogen-bond donors (Lipinski definition) is 1. The summed E-state index contributed by atoms with van der Waals surface area (Å²) < 4.78 is 8.11. The van der Waals surface area contributed by atoms with Crippen LogP contribution in [0.3, 0.4) is 0 Å². The van der Waals surface area contributed by atoms with Crippen molar-refractivity contribution in [3.05, 3.63) is 52.3 Å². The van der Waals surface area contributed by atoms with Gasteiger partial charge in [-0.05, 0) is 72.2 Å². The smallest absolute Gasteiger partial charge is 0.171 e. The summed E-state index contributed by atoms with van der Waals surface area (Å²) in [6, 6.07) is 10.3. The Labute approximate surface area is 179 Å². The van der Waals surface area contributed by atoms with Crippen LogP contribution in [0.15, 0.2) is 41.0 Å². The maximum Gasteiger partial charge on any atom is 0.171 e. The second-order valence-corrected chi connectivity index (χ2v) is 8.74. The lowest BCUT2D eigenvalue weighted by Gasteiger charge is -2.33. The summed E-state index contributed by atoms with van der Waals surface area (Å²) in [6.07, 6.45) is 5.54. The zero-order chi connectivity index (χ0) is 20.4. The monoisotopic (exact) mass is 458 g/mol. The van der Waals surface area contributed by atoms with Crippen LogP contribution in [0.5, 0.6) is 5.75 Å². The molecule has 1 saturated carbocycles. The number of hydrogen-bond acceptors (Lipinski definition) is 5. The minimum atomic E-state index is -0.141. The van der Waals surface area contributed by atoms with Gasteiger partial charge in [-0.25, -0.2) is 4.98 Å². The Bertz CT molecular complexity index is 965. The Balaban J connectivity index is 1.67. The lowest BCUT2D eigenvalue weighted by Crippen LogP contribution is -2.33. The molecule has 4 rings (SSSR count). The van der Waals surface area contributed by atoms with Gasteiger partial charge in [0.1, 0.15) is 11.6 Å². The topological polar surface area (TPSA) is 62.9 Å². The van der Waals surface area contributed by atoms with Crippen molar-refractivity contribution in [3.63, 3.8) is 0 Å². The average molecular weight is 459 g/mol. The Morgan fingerprint density at radius 2 is 1.93 bits per heavy atom. The van der Waals surface area contributed by atoms with Crippen molar-refractivity contribution in [3.8, 4) is 5.75 Å². The van der Waals surface area contributed by atoms with Gasteiger partial charge in [-0.2, -0.15) is 9.61 Å². The first-order valence-electron chi connectivity index (χ1n) is 10.1. The number of benzene rings is 1. The van der Waals surface area contributed by atoms with Gasteiger partial charge in [-0.3, -0.25) is 0 Å². The zero-order valence-corrected chi connectivity index (χ0v) is 18.5. The van der Waals surface area contributed by atoms with Crippen molar-refractivity contribution in [2.24, 2.45) is 5.92 Å². The maximum absolute atomic E-state index is 9.89. The lowest BCUT2D eigenvalue weighted by molar-refractivity contribution is 0.110. The largest absolute Gasteiger partial charge is 0.497 e. The number of ether oxygens (including phenoxy) is 1. The molecule has 0 spiro atoms. The van der Waals surface area contributed by atoms with E-state index in [1.165, 1.54) is 5.56 Å². The molecule has 1 N–H and O–H groups in total. The highest BCUT2D eigenvalue weighted by atomic mass is 79.9. The first-order valence-corrected chi connectivity index (χ1v) is 10.9. The summed E-state index contributed by atoms with van der Waals surface area (Å²) >= 11 is 3.57. The van der Waals surface area contributed by atoms with Crippen LogP contribution < -0.4 is 9.64 Å². The molecule has 0 amide bonds. The Morgan fingerprint density at radius 3 is 2.62 bits per heavy atom. The van der Waals surface area contributed by atoms with Crippen molar-refractivity contribution >= 4 is 27.4 Å². The van der Waals surface area contributed by atoms with Crippen molar-refractivity contribution in [2.75, 3.05) is 18.6 Å². The highest BCUT2D eigenvalue weighted by molar-refractivity contribution is 9.10. The van der Waals surface area contributed by atoms with E-state index in [1.54, 1.807) is 13.3 Å². The number of aryl methyl sites for hydroxylation is 1. The third kappa shape index (κ3) is 4.56. The van der Waals surface area contributed by atoms with E-state index in [2.05, 4.69) is 49.1 Å². The van der Waals surface area contributed by atoms with Gasteiger partial charge < -0.3 is 14.7 Å². The molecule has 2 heterocycles. The number of nitrogens with zero attached hydrogens (tertiary/aromatic N) is 4. The molecule has 7 heteroatoms. The second-order valence-electron chi connectivity index (χ2n) is 7.89. The minimum absolute atomic E-state index is 0.141. The fraction of sp³-hybridized carbons (Fsp3) is 0.455. The maximum atomic E-state index is 9.89. The second kappa shape index (κ2) is 8.71. The predicted molar refractivity (Wildman–Crippen MR) is 117 cm³/mol. The third-order valence-corrected chi connectivity index (χ3v) is 6.25. The van der Waals surface area contributed by atoms with Crippen LogP contribution >= 0.6 is 15.9 Å². The van der Waals surface area contributed by atoms with Crippen LogP contribution in [-0.4, -0.2) is 39.5 Å². The van der Waals surface area contributed by atoms with Crippen molar-refractivity contribution in [1.82, 2.24) is 14.6 Å². The van der Waals surface area contributed by atoms with Crippen molar-refractivity contribution < 1.29 is 9.84 Å². The molecular formula is C22H27BrN4O2. The highest BCUT2D eigenvalue weighted by Gasteiger charge is 2.24. The number of fused-ring (bicyclic) bond motifs is 1. The molecule has 0 unspecified atom stereocenters. The highest BCUT2D eigenvalue weighted by Crippen LogP contribution is 2.29. The molecule has 154 valence electrons. The third-order valence-electron chi connectivity index (χ3n) is 5.69. The summed E-state index contributed by atoms with van der Waals surface area (Å²) in [5.41, 5.74) is 3.02. The van der Waals surface area contributed by atoms with Crippen LogP contribution in [-0.2, 0) is 6.54 Å². The molecule has 0 radical (unpaired) electrons. The summed E-state index contributed by atoms with van der Waals surface area (Å²) in [5, 5.41) is 14.5. The fourth-order valence-corrected chi connectivity index (χ4v) is 4.44. The van der Waals surface area contributed by atoms with Gasteiger partial charge >= 0.3 is 0 Å². The summed E-state index contributed by atoms with van der Waals surface area (Å²) in [4.78, 5) is 7.04. The van der Waals surface area contributed by atoms with Crippen LogP contribution in [0.1, 0.15) is 36.9 Å². The van der Waals surface area contributed by atoms with Crippen molar-refractivity contribution in [1.29, 1.82) is 0 Å². The molecule has 6 nitrogen and oxygen atoms in total. The van der Waals surface area contributed by atoms with Gasteiger partial charge in [0.05, 0.1) is 23.9 Å².